The van der Waals surface area contributed by atoms with E-state index in [-0.39, 0.29) is 41.7 Å². The van der Waals surface area contributed by atoms with E-state index in [1.165, 1.54) is 18.2 Å². The molecule has 0 bridgehead atoms. The fraction of sp³-hybridized carbons (Fsp3) is 0.556. The summed E-state index contributed by atoms with van der Waals surface area (Å²) in [6.45, 7) is 14.6. The van der Waals surface area contributed by atoms with Crippen molar-refractivity contribution >= 4 is 17.6 Å². The summed E-state index contributed by atoms with van der Waals surface area (Å²) in [5.74, 6) is 0.973. The minimum atomic E-state index is -0.410. The number of ether oxygens (including phenoxy) is 2. The van der Waals surface area contributed by atoms with Crippen LogP contribution in [-0.2, 0) is 16.0 Å². The Hall–Kier alpha value is -3.03. The molecule has 0 amide bonds. The lowest BCUT2D eigenvalue weighted by molar-refractivity contribution is -0.122. The lowest BCUT2D eigenvalue weighted by atomic mass is 9.88. The molecule has 3 rings (SSSR count). The average molecular weight is 595 g/mol. The van der Waals surface area contributed by atoms with Crippen molar-refractivity contribution in [2.24, 2.45) is 11.8 Å². The summed E-state index contributed by atoms with van der Waals surface area (Å²) < 4.78 is 26.1. The standard InChI is InChI=1S/C36H51FN2O4/c1-23(2)35(40)15-12-29-16-30(37)19-33(17-29)42-27(7)22-38-26(6)9-8-25(5)36(41)18-28-10-13-32(14-11-28)43-34-20-31(21-34)39-24(3)4/h10-17,19,23-27,31,34,38-39H,8-9,18,20-22H2,1-7H3/b15-12+. The second-order valence-corrected chi connectivity index (χ2v) is 12.8. The van der Waals surface area contributed by atoms with Gasteiger partial charge in [-0.15, -0.1) is 0 Å². The first-order chi connectivity index (χ1) is 20.4. The van der Waals surface area contributed by atoms with Gasteiger partial charge in [-0.05, 0) is 81.0 Å². The van der Waals surface area contributed by atoms with Gasteiger partial charge in [-0.1, -0.05) is 52.8 Å². The van der Waals surface area contributed by atoms with E-state index in [1.54, 1.807) is 12.1 Å². The maximum atomic E-state index is 14.1. The molecule has 0 radical (unpaired) electrons. The number of benzene rings is 2. The Bertz CT molecular complexity index is 1200. The van der Waals surface area contributed by atoms with Crippen molar-refractivity contribution in [1.29, 1.82) is 0 Å². The van der Waals surface area contributed by atoms with Crippen molar-refractivity contribution < 1.29 is 23.5 Å². The van der Waals surface area contributed by atoms with Gasteiger partial charge in [0.2, 0.25) is 0 Å². The number of hydrogen-bond acceptors (Lipinski definition) is 6. The van der Waals surface area contributed by atoms with Crippen LogP contribution in [0.4, 0.5) is 4.39 Å². The van der Waals surface area contributed by atoms with Crippen LogP contribution in [0.2, 0.25) is 0 Å². The Morgan fingerprint density at radius 2 is 1.65 bits per heavy atom. The summed E-state index contributed by atoms with van der Waals surface area (Å²) in [5, 5.41) is 7.00. The molecule has 0 aliphatic heterocycles. The number of carbonyl (C=O) groups excluding carboxylic acids is 2. The third kappa shape index (κ3) is 12.2. The molecule has 1 fully saturated rings. The van der Waals surface area contributed by atoms with E-state index in [1.807, 2.05) is 52.0 Å². The number of hydrogen-bond donors (Lipinski definition) is 2. The molecule has 0 heterocycles. The number of ketones is 2. The first kappa shape index (κ1) is 34.5. The lowest BCUT2D eigenvalue weighted by Crippen LogP contribution is -2.49. The molecule has 3 unspecified atom stereocenters. The average Bonchev–Trinajstić information content (AvgIpc) is 2.92. The molecule has 0 spiro atoms. The fourth-order valence-corrected chi connectivity index (χ4v) is 5.05. The third-order valence-corrected chi connectivity index (χ3v) is 7.84. The number of allylic oxidation sites excluding steroid dienone is 1. The zero-order chi connectivity index (χ0) is 31.5. The minimum absolute atomic E-state index is 0.00839. The molecule has 2 aromatic carbocycles. The molecule has 2 aromatic rings. The van der Waals surface area contributed by atoms with Crippen LogP contribution in [0.15, 0.2) is 48.5 Å². The van der Waals surface area contributed by atoms with Gasteiger partial charge in [0.05, 0.1) is 0 Å². The predicted octanol–water partition coefficient (Wildman–Crippen LogP) is 6.95. The molecule has 236 valence electrons. The SMILES string of the molecule is CC(C)NC1CC(Oc2ccc(CC(=O)C(C)CCC(C)NCC(C)Oc3cc(F)cc(/C=C/C(=O)C(C)C)c3)cc2)C1. The summed E-state index contributed by atoms with van der Waals surface area (Å²) in [7, 11) is 0. The van der Waals surface area contributed by atoms with Crippen molar-refractivity contribution in [3.05, 3.63) is 65.5 Å². The van der Waals surface area contributed by atoms with Crippen LogP contribution in [0, 0.1) is 17.7 Å². The first-order valence-corrected chi connectivity index (χ1v) is 15.8. The maximum Gasteiger partial charge on any atom is 0.158 e. The maximum absolute atomic E-state index is 14.1. The number of rotatable bonds is 18. The van der Waals surface area contributed by atoms with E-state index in [9.17, 15) is 14.0 Å². The van der Waals surface area contributed by atoms with Gasteiger partial charge in [-0.3, -0.25) is 9.59 Å². The normalized spacial score (nSPS) is 18.8. The quantitative estimate of drug-likeness (QED) is 0.182. The molecule has 3 atom stereocenters. The fourth-order valence-electron chi connectivity index (χ4n) is 5.05. The van der Waals surface area contributed by atoms with Crippen molar-refractivity contribution in [2.45, 2.75) is 111 Å². The number of Topliss-reactive ketones (excluding diaryl/α,β-unsaturated/α-hetero) is 1. The Morgan fingerprint density at radius 1 is 0.953 bits per heavy atom. The smallest absolute Gasteiger partial charge is 0.158 e. The van der Waals surface area contributed by atoms with Crippen LogP contribution in [0.1, 0.15) is 85.3 Å². The predicted molar refractivity (Wildman–Crippen MR) is 172 cm³/mol. The van der Waals surface area contributed by atoms with Crippen LogP contribution in [0.25, 0.3) is 6.08 Å². The number of halogens is 1. The molecule has 7 heteroatoms. The molecule has 2 N–H and O–H groups in total. The summed E-state index contributed by atoms with van der Waals surface area (Å²) >= 11 is 0. The van der Waals surface area contributed by atoms with Gasteiger partial charge in [-0.25, -0.2) is 4.39 Å². The van der Waals surface area contributed by atoms with Gasteiger partial charge in [0.1, 0.15) is 35.3 Å². The van der Waals surface area contributed by atoms with E-state index < -0.39 is 5.82 Å². The Labute approximate surface area is 257 Å². The monoisotopic (exact) mass is 594 g/mol. The lowest BCUT2D eigenvalue weighted by Gasteiger charge is -2.37. The molecular formula is C36H51FN2O4. The van der Waals surface area contributed by atoms with Gasteiger partial charge in [-0.2, -0.15) is 0 Å². The second kappa shape index (κ2) is 16.7. The molecule has 0 aromatic heterocycles. The van der Waals surface area contributed by atoms with Crippen molar-refractivity contribution in [3.8, 4) is 11.5 Å². The zero-order valence-electron chi connectivity index (χ0n) is 27.0. The molecule has 1 aliphatic rings. The summed E-state index contributed by atoms with van der Waals surface area (Å²) in [6, 6.07) is 13.6. The van der Waals surface area contributed by atoms with Gasteiger partial charge in [0.25, 0.3) is 0 Å². The topological polar surface area (TPSA) is 76.7 Å². The highest BCUT2D eigenvalue weighted by atomic mass is 19.1. The Morgan fingerprint density at radius 3 is 2.30 bits per heavy atom. The Balaban J connectivity index is 1.35. The van der Waals surface area contributed by atoms with Crippen LogP contribution in [-0.4, -0.2) is 48.4 Å². The number of nitrogens with one attached hydrogen (secondary N) is 2. The minimum Gasteiger partial charge on any atom is -0.490 e. The van der Waals surface area contributed by atoms with Crippen LogP contribution in [0.3, 0.4) is 0 Å². The first-order valence-electron chi connectivity index (χ1n) is 15.8. The Kier molecular flexibility index (Phi) is 13.4. The molecule has 6 nitrogen and oxygen atoms in total. The molecule has 1 aliphatic carbocycles. The summed E-state index contributed by atoms with van der Waals surface area (Å²) in [5.41, 5.74) is 1.60. The van der Waals surface area contributed by atoms with Gasteiger partial charge in [0, 0.05) is 49.0 Å². The summed E-state index contributed by atoms with van der Waals surface area (Å²) in [6.07, 6.45) is 7.31. The van der Waals surface area contributed by atoms with Gasteiger partial charge >= 0.3 is 0 Å². The van der Waals surface area contributed by atoms with Crippen LogP contribution in [0.5, 0.6) is 11.5 Å². The third-order valence-electron chi connectivity index (χ3n) is 7.84. The second-order valence-electron chi connectivity index (χ2n) is 12.8. The van der Waals surface area contributed by atoms with Crippen molar-refractivity contribution in [1.82, 2.24) is 10.6 Å². The summed E-state index contributed by atoms with van der Waals surface area (Å²) in [4.78, 5) is 24.7. The molecule has 43 heavy (non-hydrogen) atoms. The van der Waals surface area contributed by atoms with Gasteiger partial charge < -0.3 is 20.1 Å². The van der Waals surface area contributed by atoms with E-state index in [4.69, 9.17) is 9.47 Å². The highest BCUT2D eigenvalue weighted by Gasteiger charge is 2.31. The molecule has 1 saturated carbocycles. The zero-order valence-corrected chi connectivity index (χ0v) is 27.0. The number of carbonyl (C=O) groups is 2. The van der Waals surface area contributed by atoms with Crippen molar-refractivity contribution in [3.63, 3.8) is 0 Å². The van der Waals surface area contributed by atoms with E-state index in [0.29, 0.717) is 36.4 Å². The highest BCUT2D eigenvalue weighted by molar-refractivity contribution is 5.94. The van der Waals surface area contributed by atoms with E-state index >= 15 is 0 Å². The highest BCUT2D eigenvalue weighted by Crippen LogP contribution is 2.27. The largest absolute Gasteiger partial charge is 0.490 e. The molecule has 0 saturated heterocycles. The molecular weight excluding hydrogens is 543 g/mol. The van der Waals surface area contributed by atoms with Gasteiger partial charge in [0.15, 0.2) is 5.78 Å². The van der Waals surface area contributed by atoms with Crippen molar-refractivity contribution in [2.75, 3.05) is 6.54 Å². The van der Waals surface area contributed by atoms with E-state index in [0.717, 1.165) is 37.0 Å². The van der Waals surface area contributed by atoms with E-state index in [2.05, 4.69) is 31.4 Å². The van der Waals surface area contributed by atoms with Crippen LogP contribution >= 0.6 is 0 Å². The van der Waals surface area contributed by atoms with Crippen LogP contribution < -0.4 is 20.1 Å².